The van der Waals surface area contributed by atoms with Gasteiger partial charge in [0, 0.05) is 31.8 Å². The van der Waals surface area contributed by atoms with Gasteiger partial charge in [-0.05, 0) is 22.3 Å². The van der Waals surface area contributed by atoms with Crippen LogP contribution in [0, 0.1) is 5.82 Å². The lowest BCUT2D eigenvalue weighted by atomic mass is 9.88. The molecule has 32 heavy (non-hydrogen) atoms. The molecule has 8 heteroatoms. The third-order valence-corrected chi connectivity index (χ3v) is 6.57. The molecule has 2 heterocycles. The number of piperidine rings is 1. The Morgan fingerprint density at radius 1 is 1.06 bits per heavy atom. The van der Waals surface area contributed by atoms with E-state index in [0.29, 0.717) is 0 Å². The largest absolute Gasteiger partial charge is 0.479 e. The van der Waals surface area contributed by atoms with Gasteiger partial charge in [-0.3, -0.25) is 4.68 Å². The average molecular weight is 435 g/mol. The van der Waals surface area contributed by atoms with E-state index in [1.54, 1.807) is 0 Å². The molecule has 0 unspecified atom stereocenters. The van der Waals surface area contributed by atoms with E-state index in [0.717, 1.165) is 39.3 Å². The van der Waals surface area contributed by atoms with Crippen LogP contribution < -0.4 is 0 Å². The maximum Gasteiger partial charge on any atom is 0.409 e. The molecule has 0 spiro atoms. The van der Waals surface area contributed by atoms with Gasteiger partial charge in [-0.1, -0.05) is 48.5 Å². The molecular formula is C24H22FN3O4. The van der Waals surface area contributed by atoms with E-state index in [1.165, 1.54) is 4.90 Å². The van der Waals surface area contributed by atoms with Gasteiger partial charge in [0.2, 0.25) is 0 Å². The Labute approximate surface area is 184 Å². The predicted octanol–water partition coefficient (Wildman–Crippen LogP) is 3.85. The van der Waals surface area contributed by atoms with Crippen molar-refractivity contribution in [3.63, 3.8) is 0 Å². The minimum absolute atomic E-state index is 0.0405. The van der Waals surface area contributed by atoms with Crippen LogP contribution >= 0.6 is 0 Å². The normalized spacial score (nSPS) is 17.0. The third kappa shape index (κ3) is 3.23. The molecule has 1 N–H and O–H groups in total. The average Bonchev–Trinajstić information content (AvgIpc) is 3.39. The summed E-state index contributed by atoms with van der Waals surface area (Å²) in [6.07, 6.45) is 1.83. The van der Waals surface area contributed by atoms with Crippen molar-refractivity contribution in [1.82, 2.24) is 14.7 Å². The van der Waals surface area contributed by atoms with Crippen molar-refractivity contribution in [3.05, 3.63) is 77.9 Å². The summed E-state index contributed by atoms with van der Waals surface area (Å²) in [5.41, 5.74) is 3.20. The second-order valence-corrected chi connectivity index (χ2v) is 8.23. The molecule has 0 radical (unpaired) electrons. The molecule has 1 aliphatic carbocycles. The van der Waals surface area contributed by atoms with E-state index in [2.05, 4.69) is 29.4 Å². The van der Waals surface area contributed by atoms with E-state index in [-0.39, 0.29) is 38.5 Å². The summed E-state index contributed by atoms with van der Waals surface area (Å²) in [6, 6.07) is 16.2. The van der Waals surface area contributed by atoms with Gasteiger partial charge in [0.1, 0.15) is 6.61 Å². The molecular weight excluding hydrogens is 413 g/mol. The number of halogens is 1. The monoisotopic (exact) mass is 435 g/mol. The number of aromatic nitrogens is 2. The van der Waals surface area contributed by atoms with Crippen molar-refractivity contribution in [2.24, 2.45) is 0 Å². The second kappa shape index (κ2) is 7.78. The van der Waals surface area contributed by atoms with Crippen molar-refractivity contribution in [2.75, 3.05) is 19.7 Å². The van der Waals surface area contributed by atoms with Crippen molar-refractivity contribution in [2.45, 2.75) is 24.3 Å². The Morgan fingerprint density at radius 3 is 2.19 bits per heavy atom. The summed E-state index contributed by atoms with van der Waals surface area (Å²) in [5.74, 6) is -1.72. The van der Waals surface area contributed by atoms with Crippen LogP contribution in [-0.4, -0.2) is 51.5 Å². The number of carbonyl (C=O) groups excluding carboxylic acids is 1. The number of likely N-dealkylation sites (tertiary alicyclic amines) is 1. The number of hydrogen-bond donors (Lipinski definition) is 1. The Balaban J connectivity index is 1.27. The number of amides is 1. The highest BCUT2D eigenvalue weighted by molar-refractivity contribution is 5.79. The van der Waals surface area contributed by atoms with Gasteiger partial charge in [0.05, 0.1) is 12.4 Å². The summed E-state index contributed by atoms with van der Waals surface area (Å²) in [5, 5.41) is 13.7. The lowest BCUT2D eigenvalue weighted by Crippen LogP contribution is -2.52. The fraction of sp³-hybridized carbons (Fsp3) is 0.292. The fourth-order valence-corrected chi connectivity index (χ4v) is 4.82. The maximum absolute atomic E-state index is 13.4. The van der Waals surface area contributed by atoms with Crippen LogP contribution in [0.15, 0.2) is 60.9 Å². The zero-order valence-corrected chi connectivity index (χ0v) is 17.3. The van der Waals surface area contributed by atoms with Gasteiger partial charge >= 0.3 is 12.1 Å². The zero-order valence-electron chi connectivity index (χ0n) is 17.3. The van der Waals surface area contributed by atoms with Gasteiger partial charge in [0.25, 0.3) is 0 Å². The third-order valence-electron chi connectivity index (χ3n) is 6.57. The topological polar surface area (TPSA) is 84.7 Å². The number of carboxylic acid groups (broad SMARTS) is 1. The first-order valence-electron chi connectivity index (χ1n) is 10.5. The zero-order chi connectivity index (χ0) is 22.3. The van der Waals surface area contributed by atoms with E-state index in [9.17, 15) is 19.1 Å². The van der Waals surface area contributed by atoms with Crippen LogP contribution in [0.25, 0.3) is 11.1 Å². The van der Waals surface area contributed by atoms with Gasteiger partial charge in [0.15, 0.2) is 11.4 Å². The molecule has 2 aliphatic rings. The number of nitrogens with zero attached hydrogens (tertiary/aromatic N) is 3. The van der Waals surface area contributed by atoms with E-state index in [1.807, 2.05) is 24.3 Å². The summed E-state index contributed by atoms with van der Waals surface area (Å²) in [6.45, 7) is 0.576. The van der Waals surface area contributed by atoms with Crippen LogP contribution in [0.4, 0.5) is 9.18 Å². The second-order valence-electron chi connectivity index (χ2n) is 8.23. The molecule has 0 atom stereocenters. The molecule has 1 aliphatic heterocycles. The number of fused-ring (bicyclic) bond motifs is 3. The molecule has 3 aromatic rings. The fourth-order valence-electron chi connectivity index (χ4n) is 4.82. The van der Waals surface area contributed by atoms with Crippen LogP contribution in [0.2, 0.25) is 0 Å². The van der Waals surface area contributed by atoms with Crippen molar-refractivity contribution in [1.29, 1.82) is 0 Å². The molecule has 0 bridgehead atoms. The van der Waals surface area contributed by atoms with Gasteiger partial charge in [-0.25, -0.2) is 14.0 Å². The molecule has 1 fully saturated rings. The Hall–Kier alpha value is -3.68. The number of ether oxygens (including phenoxy) is 1. The quantitative estimate of drug-likeness (QED) is 0.673. The number of hydrogen-bond acceptors (Lipinski definition) is 4. The Kier molecular flexibility index (Phi) is 4.92. The van der Waals surface area contributed by atoms with E-state index >= 15 is 0 Å². The van der Waals surface area contributed by atoms with Gasteiger partial charge in [-0.15, -0.1) is 0 Å². The number of carboxylic acids is 1. The van der Waals surface area contributed by atoms with E-state index in [4.69, 9.17) is 4.74 Å². The standard InChI is InChI=1S/C24H22FN3O4/c25-16-13-26-28(14-16)24(22(29)30)9-11-27(12-10-24)23(31)32-15-21-19-7-3-1-5-17(19)18-6-2-4-8-20(18)21/h1-8,13-14,21H,9-12,15H2,(H,29,30). The number of carbonyl (C=O) groups is 2. The number of benzene rings is 2. The number of aliphatic carboxylic acids is 1. The highest BCUT2D eigenvalue weighted by atomic mass is 19.1. The number of rotatable bonds is 4. The van der Waals surface area contributed by atoms with Crippen LogP contribution in [0.1, 0.15) is 29.9 Å². The molecule has 0 saturated carbocycles. The minimum Gasteiger partial charge on any atom is -0.479 e. The lowest BCUT2D eigenvalue weighted by molar-refractivity contribution is -0.151. The summed E-state index contributed by atoms with van der Waals surface area (Å²) < 4.78 is 20.2. The van der Waals surface area contributed by atoms with E-state index < -0.39 is 23.4 Å². The maximum atomic E-state index is 13.4. The molecule has 1 saturated heterocycles. The van der Waals surface area contributed by atoms with Crippen molar-refractivity contribution >= 4 is 12.1 Å². The minimum atomic E-state index is -1.37. The first-order chi connectivity index (χ1) is 15.5. The predicted molar refractivity (Wildman–Crippen MR) is 114 cm³/mol. The molecule has 1 aromatic heterocycles. The molecule has 1 amide bonds. The first kappa shape index (κ1) is 20.2. The first-order valence-corrected chi connectivity index (χ1v) is 10.5. The summed E-state index contributed by atoms with van der Waals surface area (Å²) in [4.78, 5) is 26.3. The summed E-state index contributed by atoms with van der Waals surface area (Å²) >= 11 is 0. The van der Waals surface area contributed by atoms with Crippen molar-refractivity contribution < 1.29 is 23.8 Å². The van der Waals surface area contributed by atoms with Gasteiger partial charge in [-0.2, -0.15) is 5.10 Å². The summed E-state index contributed by atoms with van der Waals surface area (Å²) in [7, 11) is 0. The van der Waals surface area contributed by atoms with Crippen LogP contribution in [-0.2, 0) is 15.1 Å². The molecule has 164 valence electrons. The van der Waals surface area contributed by atoms with Crippen LogP contribution in [0.3, 0.4) is 0 Å². The lowest BCUT2D eigenvalue weighted by Gasteiger charge is -2.38. The Bertz CT molecular complexity index is 1140. The molecule has 7 nitrogen and oxygen atoms in total. The SMILES string of the molecule is O=C(OCC1c2ccccc2-c2ccccc21)N1CCC(C(=O)O)(n2cc(F)cn2)CC1. The smallest absolute Gasteiger partial charge is 0.409 e. The molecule has 5 rings (SSSR count). The molecule has 2 aromatic carbocycles. The van der Waals surface area contributed by atoms with Gasteiger partial charge < -0.3 is 14.7 Å². The highest BCUT2D eigenvalue weighted by Crippen LogP contribution is 2.44. The van der Waals surface area contributed by atoms with Crippen LogP contribution in [0.5, 0.6) is 0 Å². The Morgan fingerprint density at radius 2 is 1.66 bits per heavy atom. The van der Waals surface area contributed by atoms with Crippen molar-refractivity contribution in [3.8, 4) is 11.1 Å². The highest BCUT2D eigenvalue weighted by Gasteiger charge is 2.45.